The van der Waals surface area contributed by atoms with E-state index >= 15 is 0 Å². The number of amides is 1. The molecule has 8 nitrogen and oxygen atoms in total. The third-order valence-corrected chi connectivity index (χ3v) is 5.62. The normalized spacial score (nSPS) is 10.7. The lowest BCUT2D eigenvalue weighted by Gasteiger charge is -2.07. The van der Waals surface area contributed by atoms with Crippen molar-refractivity contribution >= 4 is 34.1 Å². The fourth-order valence-electron chi connectivity index (χ4n) is 2.34. The first kappa shape index (κ1) is 17.3. The number of nitrogens with one attached hydrogen (secondary N) is 1. The van der Waals surface area contributed by atoms with Crippen molar-refractivity contribution in [2.24, 2.45) is 0 Å². The minimum atomic E-state index is -0.295. The first-order valence-electron chi connectivity index (χ1n) is 7.93. The summed E-state index contributed by atoms with van der Waals surface area (Å²) in [5, 5.41) is 22.5. The van der Waals surface area contributed by atoms with Gasteiger partial charge in [-0.15, -0.1) is 15.3 Å². The van der Waals surface area contributed by atoms with E-state index in [-0.39, 0.29) is 5.91 Å². The van der Waals surface area contributed by atoms with E-state index in [0.29, 0.717) is 16.4 Å². The molecule has 10 heteroatoms. The van der Waals surface area contributed by atoms with Crippen LogP contribution < -0.4 is 5.32 Å². The van der Waals surface area contributed by atoms with Crippen LogP contribution in [0.15, 0.2) is 65.3 Å². The van der Waals surface area contributed by atoms with Crippen LogP contribution in [0.1, 0.15) is 15.9 Å². The Morgan fingerprint density at radius 2 is 1.89 bits per heavy atom. The topological polar surface area (TPSA) is 98.5 Å². The molecule has 0 aliphatic carbocycles. The highest BCUT2D eigenvalue weighted by Crippen LogP contribution is 2.28. The van der Waals surface area contributed by atoms with Gasteiger partial charge in [-0.05, 0) is 28.1 Å². The van der Waals surface area contributed by atoms with Gasteiger partial charge in [-0.1, -0.05) is 65.6 Å². The molecular weight excluding hydrogens is 382 g/mol. The molecule has 4 rings (SSSR count). The molecule has 4 aromatic rings. The molecule has 134 valence electrons. The number of benzene rings is 2. The highest BCUT2D eigenvalue weighted by Gasteiger charge is 2.15. The first-order valence-corrected chi connectivity index (χ1v) is 9.74. The molecule has 0 aliphatic heterocycles. The summed E-state index contributed by atoms with van der Waals surface area (Å²) >= 11 is 2.92. The van der Waals surface area contributed by atoms with Crippen molar-refractivity contribution in [2.45, 2.75) is 10.1 Å². The fraction of sp³-hybridized carbons (Fsp3) is 0.0588. The fourth-order valence-corrected chi connectivity index (χ4v) is 4.04. The van der Waals surface area contributed by atoms with Crippen molar-refractivity contribution in [3.63, 3.8) is 0 Å². The summed E-state index contributed by atoms with van der Waals surface area (Å²) in [5.74, 6) is 0.503. The van der Waals surface area contributed by atoms with Crippen molar-refractivity contribution in [1.82, 2.24) is 30.4 Å². The second kappa shape index (κ2) is 8.06. The van der Waals surface area contributed by atoms with Crippen LogP contribution in [0.5, 0.6) is 0 Å². The second-order valence-electron chi connectivity index (χ2n) is 5.37. The minimum absolute atomic E-state index is 0.295. The van der Waals surface area contributed by atoms with Crippen LogP contribution in [0.2, 0.25) is 0 Å². The van der Waals surface area contributed by atoms with Gasteiger partial charge in [0.25, 0.3) is 5.91 Å². The van der Waals surface area contributed by atoms with E-state index in [1.165, 1.54) is 27.9 Å². The van der Waals surface area contributed by atoms with E-state index in [1.54, 1.807) is 30.0 Å². The van der Waals surface area contributed by atoms with E-state index in [0.717, 1.165) is 10.1 Å². The number of aromatic nitrogens is 6. The number of hydrogen-bond acceptors (Lipinski definition) is 8. The molecule has 1 N–H and O–H groups in total. The summed E-state index contributed by atoms with van der Waals surface area (Å²) < 4.78 is 2.23. The van der Waals surface area contributed by atoms with E-state index in [2.05, 4.69) is 43.2 Å². The van der Waals surface area contributed by atoms with Gasteiger partial charge >= 0.3 is 0 Å². The molecule has 0 saturated heterocycles. The average molecular weight is 395 g/mol. The molecule has 2 aromatic heterocycles. The van der Waals surface area contributed by atoms with Crippen LogP contribution in [0.4, 0.5) is 5.13 Å². The highest BCUT2D eigenvalue weighted by atomic mass is 32.2. The highest BCUT2D eigenvalue weighted by molar-refractivity contribution is 8.00. The number of para-hydroxylation sites is 1. The molecule has 0 aliphatic rings. The van der Waals surface area contributed by atoms with Crippen LogP contribution in [0, 0.1) is 0 Å². The molecule has 0 saturated carbocycles. The van der Waals surface area contributed by atoms with Gasteiger partial charge in [-0.25, -0.2) is 0 Å². The van der Waals surface area contributed by atoms with Crippen LogP contribution in [0.25, 0.3) is 5.69 Å². The van der Waals surface area contributed by atoms with Gasteiger partial charge in [0.05, 0.1) is 11.3 Å². The molecule has 0 spiro atoms. The Hall–Kier alpha value is -3.11. The lowest BCUT2D eigenvalue weighted by Crippen LogP contribution is -2.15. The Labute approximate surface area is 162 Å². The van der Waals surface area contributed by atoms with Crippen molar-refractivity contribution in [2.75, 3.05) is 5.32 Å². The van der Waals surface area contributed by atoms with E-state index in [1.807, 2.05) is 24.3 Å². The van der Waals surface area contributed by atoms with E-state index in [4.69, 9.17) is 0 Å². The minimum Gasteiger partial charge on any atom is -0.296 e. The maximum Gasteiger partial charge on any atom is 0.259 e. The molecule has 0 bridgehead atoms. The maximum atomic E-state index is 12.7. The van der Waals surface area contributed by atoms with Crippen LogP contribution in [-0.4, -0.2) is 36.3 Å². The average Bonchev–Trinajstić information content (AvgIpc) is 3.39. The number of nitrogens with zero attached hydrogens (tertiary/aromatic N) is 6. The van der Waals surface area contributed by atoms with Crippen molar-refractivity contribution in [3.05, 3.63) is 72.1 Å². The number of carbonyl (C=O) groups is 1. The predicted molar refractivity (Wildman–Crippen MR) is 103 cm³/mol. The number of tetrazole rings is 1. The Morgan fingerprint density at radius 1 is 1.07 bits per heavy atom. The molecule has 0 radical (unpaired) electrons. The monoisotopic (exact) mass is 395 g/mol. The molecular formula is C17H13N7OS2. The number of thioether (sulfide) groups is 1. The zero-order valence-corrected chi connectivity index (χ0v) is 15.5. The Kier molecular flexibility index (Phi) is 5.17. The van der Waals surface area contributed by atoms with Gasteiger partial charge in [0, 0.05) is 5.75 Å². The number of rotatable bonds is 6. The summed E-state index contributed by atoms with van der Waals surface area (Å²) in [7, 11) is 0. The summed E-state index contributed by atoms with van der Waals surface area (Å²) in [6.45, 7) is 0. The van der Waals surface area contributed by atoms with Gasteiger partial charge in [0.2, 0.25) is 5.13 Å². The summed E-state index contributed by atoms with van der Waals surface area (Å²) in [6.07, 6.45) is 1.44. The number of anilines is 1. The second-order valence-corrected chi connectivity index (χ2v) is 7.57. The van der Waals surface area contributed by atoms with E-state index < -0.39 is 0 Å². The van der Waals surface area contributed by atoms with E-state index in [9.17, 15) is 4.79 Å². The number of hydrogen-bond donors (Lipinski definition) is 1. The maximum absolute atomic E-state index is 12.7. The summed E-state index contributed by atoms with van der Waals surface area (Å²) in [5.41, 5.74) is 2.24. The smallest absolute Gasteiger partial charge is 0.259 e. The third kappa shape index (κ3) is 4.18. The Morgan fingerprint density at radius 3 is 2.70 bits per heavy atom. The zero-order valence-electron chi connectivity index (χ0n) is 13.9. The Bertz CT molecular complexity index is 1030. The Balaban J connectivity index is 1.44. The van der Waals surface area contributed by atoms with Gasteiger partial charge < -0.3 is 0 Å². The van der Waals surface area contributed by atoms with Gasteiger partial charge in [0.15, 0.2) is 4.34 Å². The SMILES string of the molecule is O=C(Nc1nnc(SCc2ccccc2)s1)c1ccccc1-n1cnnn1. The first-order chi connectivity index (χ1) is 13.3. The molecule has 2 aromatic carbocycles. The van der Waals surface area contributed by atoms with Crippen molar-refractivity contribution in [3.8, 4) is 5.69 Å². The molecule has 1 amide bonds. The molecule has 0 fully saturated rings. The number of carbonyl (C=O) groups excluding carboxylic acids is 1. The molecule has 2 heterocycles. The molecule has 27 heavy (non-hydrogen) atoms. The largest absolute Gasteiger partial charge is 0.296 e. The zero-order chi connectivity index (χ0) is 18.5. The quantitative estimate of drug-likeness (QED) is 0.396. The van der Waals surface area contributed by atoms with Crippen LogP contribution in [-0.2, 0) is 5.75 Å². The predicted octanol–water partition coefficient (Wildman–Crippen LogP) is 3.06. The van der Waals surface area contributed by atoms with Crippen molar-refractivity contribution in [1.29, 1.82) is 0 Å². The lowest BCUT2D eigenvalue weighted by atomic mass is 10.1. The van der Waals surface area contributed by atoms with Gasteiger partial charge in [0.1, 0.15) is 6.33 Å². The summed E-state index contributed by atoms with van der Waals surface area (Å²) in [4.78, 5) is 12.7. The molecule has 0 unspecified atom stereocenters. The van der Waals surface area contributed by atoms with Crippen LogP contribution in [0.3, 0.4) is 0 Å². The lowest BCUT2D eigenvalue weighted by molar-refractivity contribution is 0.102. The van der Waals surface area contributed by atoms with Crippen LogP contribution >= 0.6 is 23.1 Å². The standard InChI is InChI=1S/C17H13N7OS2/c25-15(13-8-4-5-9-14(13)24-11-18-22-23-24)19-16-20-21-17(27-16)26-10-12-6-2-1-3-7-12/h1-9,11H,10H2,(H,19,20,25). The van der Waals surface area contributed by atoms with Crippen molar-refractivity contribution < 1.29 is 4.79 Å². The molecule has 0 atom stereocenters. The third-order valence-electron chi connectivity index (χ3n) is 3.58. The van der Waals surface area contributed by atoms with Gasteiger partial charge in [-0.3, -0.25) is 10.1 Å². The summed E-state index contributed by atoms with van der Waals surface area (Å²) in [6, 6.07) is 17.2. The van der Waals surface area contributed by atoms with Gasteiger partial charge in [-0.2, -0.15) is 4.68 Å².